The lowest BCUT2D eigenvalue weighted by Crippen LogP contribution is -2.43. The summed E-state index contributed by atoms with van der Waals surface area (Å²) in [5, 5.41) is 2.81. The molecule has 6 heteroatoms. The molecular formula is C14H19BrFN3O. The number of nitrogens with one attached hydrogen (secondary N) is 1. The van der Waals surface area contributed by atoms with E-state index in [9.17, 15) is 9.18 Å². The Morgan fingerprint density at radius 2 is 2.30 bits per heavy atom. The van der Waals surface area contributed by atoms with Gasteiger partial charge in [-0.25, -0.2) is 9.37 Å². The minimum absolute atomic E-state index is 0.0453. The first-order valence-electron chi connectivity index (χ1n) is 6.69. The number of halogens is 2. The number of aromatic nitrogens is 1. The van der Waals surface area contributed by atoms with Crippen LogP contribution in [0.1, 0.15) is 25.8 Å². The summed E-state index contributed by atoms with van der Waals surface area (Å²) < 4.78 is 14.1. The fourth-order valence-electron chi connectivity index (χ4n) is 2.58. The van der Waals surface area contributed by atoms with Crippen LogP contribution in [0.25, 0.3) is 0 Å². The fourth-order valence-corrected chi connectivity index (χ4v) is 2.96. The van der Waals surface area contributed by atoms with Crippen LogP contribution in [0.5, 0.6) is 0 Å². The van der Waals surface area contributed by atoms with Gasteiger partial charge in [0.05, 0.1) is 12.2 Å². The summed E-state index contributed by atoms with van der Waals surface area (Å²) in [5.41, 5.74) is 0.432. The van der Waals surface area contributed by atoms with Gasteiger partial charge in [-0.3, -0.25) is 9.69 Å². The van der Waals surface area contributed by atoms with E-state index in [4.69, 9.17) is 0 Å². The van der Waals surface area contributed by atoms with Crippen molar-refractivity contribution in [1.29, 1.82) is 0 Å². The number of hydrogen-bond donors (Lipinski definition) is 1. The number of likely N-dealkylation sites (tertiary alicyclic amines) is 1. The van der Waals surface area contributed by atoms with E-state index in [2.05, 4.69) is 45.0 Å². The molecule has 1 aliphatic heterocycles. The minimum Gasteiger partial charge on any atom is -0.351 e. The van der Waals surface area contributed by atoms with Crippen molar-refractivity contribution in [3.8, 4) is 0 Å². The van der Waals surface area contributed by atoms with Gasteiger partial charge in [-0.05, 0) is 48.3 Å². The van der Waals surface area contributed by atoms with Gasteiger partial charge in [0.2, 0.25) is 5.91 Å². The van der Waals surface area contributed by atoms with E-state index < -0.39 is 5.82 Å². The molecule has 4 nitrogen and oxygen atoms in total. The van der Waals surface area contributed by atoms with Gasteiger partial charge in [-0.2, -0.15) is 0 Å². The Bertz CT molecular complexity index is 511. The van der Waals surface area contributed by atoms with E-state index in [0.29, 0.717) is 22.1 Å². The zero-order chi connectivity index (χ0) is 14.9. The topological polar surface area (TPSA) is 45.2 Å². The molecule has 0 aromatic carbocycles. The van der Waals surface area contributed by atoms with Gasteiger partial charge in [0.15, 0.2) is 0 Å². The maximum atomic E-state index is 13.6. The second-order valence-corrected chi connectivity index (χ2v) is 6.26. The average Bonchev–Trinajstić information content (AvgIpc) is 2.67. The largest absolute Gasteiger partial charge is 0.351 e. The number of likely N-dealkylation sites (N-methyl/N-ethyl adjacent to an activating group) is 1. The molecule has 0 spiro atoms. The molecule has 1 amide bonds. The molecule has 3 atom stereocenters. The average molecular weight is 344 g/mol. The van der Waals surface area contributed by atoms with Gasteiger partial charge < -0.3 is 5.32 Å². The Morgan fingerprint density at radius 3 is 2.90 bits per heavy atom. The highest BCUT2D eigenvalue weighted by Gasteiger charge is 2.37. The first-order valence-corrected chi connectivity index (χ1v) is 7.49. The number of amides is 1. The normalized spacial score (nSPS) is 26.8. The third-order valence-electron chi connectivity index (χ3n) is 4.21. The van der Waals surface area contributed by atoms with Crippen LogP contribution in [0, 0.1) is 11.7 Å². The Morgan fingerprint density at radius 1 is 1.60 bits per heavy atom. The summed E-state index contributed by atoms with van der Waals surface area (Å²) in [6.45, 7) is 4.45. The van der Waals surface area contributed by atoms with Crippen LogP contribution in [0.2, 0.25) is 0 Å². The Labute approximate surface area is 126 Å². The van der Waals surface area contributed by atoms with Crippen LogP contribution in [0.4, 0.5) is 4.39 Å². The summed E-state index contributed by atoms with van der Waals surface area (Å²) >= 11 is 3.20. The summed E-state index contributed by atoms with van der Waals surface area (Å²) in [4.78, 5) is 18.1. The van der Waals surface area contributed by atoms with Crippen LogP contribution < -0.4 is 5.32 Å². The molecule has 20 heavy (non-hydrogen) atoms. The standard InChI is InChI=1S/C14H19BrFN3O/c1-8-4-12(19(3)9(8)2)14(20)18-6-10-5-13(15)17-7-11(10)16/h5,7-9,12H,4,6H2,1-3H3,(H,18,20)/t8-,9+,12+/m1/s1. The fraction of sp³-hybridized carbons (Fsp3) is 0.571. The van der Waals surface area contributed by atoms with E-state index in [1.165, 1.54) is 0 Å². The molecule has 1 aliphatic rings. The van der Waals surface area contributed by atoms with Gasteiger partial charge >= 0.3 is 0 Å². The summed E-state index contributed by atoms with van der Waals surface area (Å²) in [5.74, 6) is 0.0357. The predicted molar refractivity (Wildman–Crippen MR) is 78.5 cm³/mol. The third kappa shape index (κ3) is 3.17. The molecule has 1 saturated heterocycles. The molecule has 1 fully saturated rings. The molecule has 0 unspecified atom stereocenters. The molecule has 1 aromatic heterocycles. The lowest BCUT2D eigenvalue weighted by atomic mass is 10.0. The van der Waals surface area contributed by atoms with Crippen molar-refractivity contribution in [3.63, 3.8) is 0 Å². The van der Waals surface area contributed by atoms with Crippen LogP contribution in [0.3, 0.4) is 0 Å². The minimum atomic E-state index is -0.407. The molecule has 0 bridgehead atoms. The van der Waals surface area contributed by atoms with Crippen molar-refractivity contribution in [2.75, 3.05) is 7.05 Å². The Balaban J connectivity index is 1.97. The third-order valence-corrected chi connectivity index (χ3v) is 4.64. The van der Waals surface area contributed by atoms with Crippen molar-refractivity contribution in [1.82, 2.24) is 15.2 Å². The van der Waals surface area contributed by atoms with Crippen molar-refractivity contribution < 1.29 is 9.18 Å². The molecule has 110 valence electrons. The highest BCUT2D eigenvalue weighted by atomic mass is 79.9. The number of carbonyl (C=O) groups is 1. The SMILES string of the molecule is C[C@@H]1C[C@@H](C(=O)NCc2cc(Br)ncc2F)N(C)[C@H]1C. The number of nitrogens with zero attached hydrogens (tertiary/aromatic N) is 2. The quantitative estimate of drug-likeness (QED) is 0.856. The molecule has 0 aliphatic carbocycles. The van der Waals surface area contributed by atoms with E-state index >= 15 is 0 Å². The van der Waals surface area contributed by atoms with Gasteiger partial charge in [0.25, 0.3) is 0 Å². The molecular weight excluding hydrogens is 325 g/mol. The predicted octanol–water partition coefficient (Wildman–Crippen LogP) is 2.33. The Hall–Kier alpha value is -1.01. The summed E-state index contributed by atoms with van der Waals surface area (Å²) in [6.07, 6.45) is 1.99. The van der Waals surface area contributed by atoms with Crippen molar-refractivity contribution in [3.05, 3.63) is 28.2 Å². The second kappa shape index (κ2) is 6.18. The van der Waals surface area contributed by atoms with Crippen molar-refractivity contribution >= 4 is 21.8 Å². The van der Waals surface area contributed by atoms with Crippen LogP contribution in [-0.2, 0) is 11.3 Å². The summed E-state index contributed by atoms with van der Waals surface area (Å²) in [7, 11) is 1.96. The maximum Gasteiger partial charge on any atom is 0.237 e. The van der Waals surface area contributed by atoms with Crippen molar-refractivity contribution in [2.45, 2.75) is 38.9 Å². The number of rotatable bonds is 3. The number of carbonyl (C=O) groups excluding carboxylic acids is 1. The molecule has 1 N–H and O–H groups in total. The van der Waals surface area contributed by atoms with E-state index in [0.717, 1.165) is 12.6 Å². The highest BCUT2D eigenvalue weighted by Crippen LogP contribution is 2.27. The number of pyridine rings is 1. The van der Waals surface area contributed by atoms with Crippen LogP contribution in [0.15, 0.2) is 16.9 Å². The van der Waals surface area contributed by atoms with E-state index in [1.54, 1.807) is 6.07 Å². The monoisotopic (exact) mass is 343 g/mol. The van der Waals surface area contributed by atoms with Crippen LogP contribution >= 0.6 is 15.9 Å². The lowest BCUT2D eigenvalue weighted by molar-refractivity contribution is -0.125. The second-order valence-electron chi connectivity index (χ2n) is 5.45. The smallest absolute Gasteiger partial charge is 0.237 e. The molecule has 2 heterocycles. The van der Waals surface area contributed by atoms with Gasteiger partial charge in [-0.15, -0.1) is 0 Å². The van der Waals surface area contributed by atoms with Gasteiger partial charge in [0.1, 0.15) is 10.4 Å². The zero-order valence-corrected chi connectivity index (χ0v) is 13.4. The molecule has 0 radical (unpaired) electrons. The van der Waals surface area contributed by atoms with Crippen LogP contribution in [-0.4, -0.2) is 34.9 Å². The van der Waals surface area contributed by atoms with E-state index in [-0.39, 0.29) is 18.5 Å². The lowest BCUT2D eigenvalue weighted by Gasteiger charge is -2.23. The van der Waals surface area contributed by atoms with Gasteiger partial charge in [-0.1, -0.05) is 6.92 Å². The molecule has 2 rings (SSSR count). The van der Waals surface area contributed by atoms with E-state index in [1.807, 2.05) is 7.05 Å². The molecule has 1 aromatic rings. The first kappa shape index (κ1) is 15.4. The molecule has 0 saturated carbocycles. The summed E-state index contributed by atoms with van der Waals surface area (Å²) in [6, 6.07) is 1.84. The highest BCUT2D eigenvalue weighted by molar-refractivity contribution is 9.10. The zero-order valence-electron chi connectivity index (χ0n) is 11.9. The number of hydrogen-bond acceptors (Lipinski definition) is 3. The van der Waals surface area contributed by atoms with Crippen molar-refractivity contribution in [2.24, 2.45) is 5.92 Å². The maximum absolute atomic E-state index is 13.6. The van der Waals surface area contributed by atoms with Gasteiger partial charge in [0, 0.05) is 18.2 Å². The first-order chi connectivity index (χ1) is 9.40. The Kier molecular flexibility index (Phi) is 4.75.